The third-order valence-electron chi connectivity index (χ3n) is 2.01. The summed E-state index contributed by atoms with van der Waals surface area (Å²) in [6.45, 7) is 0.419. The van der Waals surface area contributed by atoms with Crippen molar-refractivity contribution in [2.75, 3.05) is 0 Å². The quantitative estimate of drug-likeness (QED) is 0.636. The van der Waals surface area contributed by atoms with E-state index in [0.29, 0.717) is 16.1 Å². The third kappa shape index (κ3) is 2.91. The lowest BCUT2D eigenvalue weighted by Gasteiger charge is -2.07. The maximum Gasteiger partial charge on any atom is 0.154 e. The topological polar surface area (TPSA) is 22.1 Å². The number of pyridine rings is 1. The normalized spacial score (nSPS) is 10.1. The summed E-state index contributed by atoms with van der Waals surface area (Å²) in [6.07, 6.45) is 1.18. The molecule has 0 atom stereocenters. The summed E-state index contributed by atoms with van der Waals surface area (Å²) in [6, 6.07) is 11.1. The Morgan fingerprint density at radius 3 is 2.75 bits per heavy atom. The van der Waals surface area contributed by atoms with Gasteiger partial charge in [0.1, 0.15) is 16.1 Å². The first-order valence-corrected chi connectivity index (χ1v) is 5.81. The summed E-state index contributed by atoms with van der Waals surface area (Å²) < 4.78 is 19.1. The van der Waals surface area contributed by atoms with Crippen LogP contribution < -0.4 is 4.74 Å². The van der Waals surface area contributed by atoms with Crippen LogP contribution in [0.5, 0.6) is 5.75 Å². The number of halogens is 2. The Morgan fingerprint density at radius 1 is 1.25 bits per heavy atom. The SMILES string of the molecule is Fc1cnc(I)c(OCc2ccccc2)c1. The fourth-order valence-electron chi connectivity index (χ4n) is 1.24. The van der Waals surface area contributed by atoms with Gasteiger partial charge in [0.15, 0.2) is 5.75 Å². The molecule has 0 bridgehead atoms. The fourth-order valence-corrected chi connectivity index (χ4v) is 1.69. The van der Waals surface area contributed by atoms with Gasteiger partial charge in [0.25, 0.3) is 0 Å². The lowest BCUT2D eigenvalue weighted by molar-refractivity contribution is 0.300. The van der Waals surface area contributed by atoms with Crippen LogP contribution in [0.15, 0.2) is 42.6 Å². The second-order valence-electron chi connectivity index (χ2n) is 3.22. The molecule has 4 heteroatoms. The van der Waals surface area contributed by atoms with Gasteiger partial charge in [0.2, 0.25) is 0 Å². The Bertz CT molecular complexity index is 476. The summed E-state index contributed by atoms with van der Waals surface area (Å²) in [5.74, 6) is 0.0907. The van der Waals surface area contributed by atoms with Gasteiger partial charge in [-0.1, -0.05) is 30.3 Å². The molecule has 2 rings (SSSR count). The molecule has 2 nitrogen and oxygen atoms in total. The minimum Gasteiger partial charge on any atom is -0.486 e. The molecule has 0 spiro atoms. The summed E-state index contributed by atoms with van der Waals surface area (Å²) in [5.41, 5.74) is 1.04. The number of rotatable bonds is 3. The zero-order valence-corrected chi connectivity index (χ0v) is 10.5. The fraction of sp³-hybridized carbons (Fsp3) is 0.0833. The van der Waals surface area contributed by atoms with E-state index in [1.54, 1.807) is 0 Å². The van der Waals surface area contributed by atoms with Crippen LogP contribution in [0.4, 0.5) is 4.39 Å². The molecule has 1 heterocycles. The lowest BCUT2D eigenvalue weighted by Crippen LogP contribution is -1.98. The molecular formula is C12H9FINO. The Balaban J connectivity index is 2.08. The number of hydrogen-bond donors (Lipinski definition) is 0. The maximum atomic E-state index is 12.9. The van der Waals surface area contributed by atoms with Crippen molar-refractivity contribution in [1.29, 1.82) is 0 Å². The van der Waals surface area contributed by atoms with Gasteiger partial charge in [-0.05, 0) is 28.2 Å². The molecule has 0 unspecified atom stereocenters. The Labute approximate surface area is 107 Å². The van der Waals surface area contributed by atoms with Crippen molar-refractivity contribution in [3.8, 4) is 5.75 Å². The Kier molecular flexibility index (Phi) is 3.71. The number of benzene rings is 1. The van der Waals surface area contributed by atoms with Crippen molar-refractivity contribution < 1.29 is 9.13 Å². The van der Waals surface area contributed by atoms with Gasteiger partial charge in [0.05, 0.1) is 6.20 Å². The van der Waals surface area contributed by atoms with Gasteiger partial charge in [-0.3, -0.25) is 0 Å². The van der Waals surface area contributed by atoms with E-state index >= 15 is 0 Å². The van der Waals surface area contributed by atoms with E-state index in [1.165, 1.54) is 12.3 Å². The predicted molar refractivity (Wildman–Crippen MR) is 67.7 cm³/mol. The molecule has 0 aliphatic heterocycles. The average Bonchev–Trinajstić information content (AvgIpc) is 2.32. The van der Waals surface area contributed by atoms with Gasteiger partial charge in [-0.2, -0.15) is 0 Å². The lowest BCUT2D eigenvalue weighted by atomic mass is 10.2. The van der Waals surface area contributed by atoms with Crippen molar-refractivity contribution in [2.45, 2.75) is 6.61 Å². The van der Waals surface area contributed by atoms with Crippen LogP contribution in [0, 0.1) is 9.52 Å². The summed E-state index contributed by atoms with van der Waals surface area (Å²) in [7, 11) is 0. The molecule has 0 saturated heterocycles. The van der Waals surface area contributed by atoms with Crippen molar-refractivity contribution in [1.82, 2.24) is 4.98 Å². The van der Waals surface area contributed by atoms with E-state index in [9.17, 15) is 4.39 Å². The molecule has 0 aliphatic carbocycles. The molecule has 0 amide bonds. The first-order valence-electron chi connectivity index (χ1n) is 4.73. The Morgan fingerprint density at radius 2 is 2.00 bits per heavy atom. The highest BCUT2D eigenvalue weighted by Gasteiger charge is 2.04. The van der Waals surface area contributed by atoms with Crippen LogP contribution in [0.1, 0.15) is 5.56 Å². The summed E-state index contributed by atoms with van der Waals surface area (Å²) >= 11 is 2.02. The minimum atomic E-state index is -0.386. The highest BCUT2D eigenvalue weighted by molar-refractivity contribution is 14.1. The first-order chi connectivity index (χ1) is 7.75. The molecular weight excluding hydrogens is 320 g/mol. The van der Waals surface area contributed by atoms with E-state index in [2.05, 4.69) is 4.98 Å². The monoisotopic (exact) mass is 329 g/mol. The van der Waals surface area contributed by atoms with Crippen molar-refractivity contribution in [3.63, 3.8) is 0 Å². The van der Waals surface area contributed by atoms with Gasteiger partial charge in [0, 0.05) is 6.07 Å². The van der Waals surface area contributed by atoms with Crippen LogP contribution in [-0.4, -0.2) is 4.98 Å². The molecule has 2 aromatic rings. The second-order valence-corrected chi connectivity index (χ2v) is 4.24. The van der Waals surface area contributed by atoms with Gasteiger partial charge >= 0.3 is 0 Å². The number of aromatic nitrogens is 1. The van der Waals surface area contributed by atoms with Crippen LogP contribution in [0.3, 0.4) is 0 Å². The Hall–Kier alpha value is -1.17. The average molecular weight is 329 g/mol. The zero-order chi connectivity index (χ0) is 11.4. The number of nitrogens with zero attached hydrogens (tertiary/aromatic N) is 1. The summed E-state index contributed by atoms with van der Waals surface area (Å²) in [4.78, 5) is 3.88. The molecule has 1 aromatic carbocycles. The van der Waals surface area contributed by atoms with E-state index in [0.717, 1.165) is 5.56 Å². The maximum absolute atomic E-state index is 12.9. The van der Waals surface area contributed by atoms with Crippen LogP contribution in [0.2, 0.25) is 0 Å². The highest BCUT2D eigenvalue weighted by atomic mass is 127. The molecule has 0 fully saturated rings. The van der Waals surface area contributed by atoms with E-state index < -0.39 is 0 Å². The first kappa shape index (κ1) is 11.3. The third-order valence-corrected chi connectivity index (χ3v) is 2.82. The molecule has 0 N–H and O–H groups in total. The highest BCUT2D eigenvalue weighted by Crippen LogP contribution is 2.20. The molecule has 82 valence electrons. The minimum absolute atomic E-state index is 0.386. The van der Waals surface area contributed by atoms with Crippen LogP contribution in [-0.2, 0) is 6.61 Å². The van der Waals surface area contributed by atoms with Crippen LogP contribution >= 0.6 is 22.6 Å². The van der Waals surface area contributed by atoms with Gasteiger partial charge in [-0.25, -0.2) is 9.37 Å². The number of hydrogen-bond acceptors (Lipinski definition) is 2. The molecule has 16 heavy (non-hydrogen) atoms. The van der Waals surface area contributed by atoms with Crippen molar-refractivity contribution in [2.24, 2.45) is 0 Å². The molecule has 0 saturated carbocycles. The molecule has 1 aromatic heterocycles. The van der Waals surface area contributed by atoms with Crippen molar-refractivity contribution >= 4 is 22.6 Å². The van der Waals surface area contributed by atoms with E-state index in [-0.39, 0.29) is 5.82 Å². The standard InChI is InChI=1S/C12H9FINO/c13-10-6-11(12(14)15-7-10)16-8-9-4-2-1-3-5-9/h1-7H,8H2. The van der Waals surface area contributed by atoms with E-state index in [1.807, 2.05) is 52.9 Å². The predicted octanol–water partition coefficient (Wildman–Crippen LogP) is 3.40. The van der Waals surface area contributed by atoms with Crippen molar-refractivity contribution in [3.05, 3.63) is 57.7 Å². The van der Waals surface area contributed by atoms with Crippen LogP contribution in [0.25, 0.3) is 0 Å². The zero-order valence-electron chi connectivity index (χ0n) is 8.36. The van der Waals surface area contributed by atoms with Gasteiger partial charge in [-0.15, -0.1) is 0 Å². The van der Waals surface area contributed by atoms with E-state index in [4.69, 9.17) is 4.74 Å². The second kappa shape index (κ2) is 5.25. The largest absolute Gasteiger partial charge is 0.486 e. The smallest absolute Gasteiger partial charge is 0.154 e. The van der Waals surface area contributed by atoms with Gasteiger partial charge < -0.3 is 4.74 Å². The summed E-state index contributed by atoms with van der Waals surface area (Å²) in [5, 5.41) is 0. The molecule has 0 radical (unpaired) electrons. The molecule has 0 aliphatic rings. The number of ether oxygens (including phenoxy) is 1.